The molecule has 0 saturated heterocycles. The number of rotatable bonds is 2. The van der Waals surface area contributed by atoms with E-state index >= 15 is 0 Å². The SMILES string of the molecule is Cc1nc(C2CC2)sc1CS. The minimum atomic E-state index is 0.798. The Hall–Kier alpha value is -0.0200. The van der Waals surface area contributed by atoms with Crippen LogP contribution in [-0.2, 0) is 5.75 Å². The second kappa shape index (κ2) is 2.79. The van der Waals surface area contributed by atoms with Crippen LogP contribution in [0.1, 0.15) is 34.3 Å². The van der Waals surface area contributed by atoms with Gasteiger partial charge in [-0.3, -0.25) is 0 Å². The van der Waals surface area contributed by atoms with Crippen LogP contribution in [-0.4, -0.2) is 4.98 Å². The molecule has 1 saturated carbocycles. The van der Waals surface area contributed by atoms with Crippen LogP contribution in [0.2, 0.25) is 0 Å². The van der Waals surface area contributed by atoms with Gasteiger partial charge < -0.3 is 0 Å². The standard InChI is InChI=1S/C8H11NS2/c1-5-7(4-10)11-8(9-5)6-2-3-6/h6,10H,2-4H2,1H3. The Kier molecular flexibility index (Phi) is 1.93. The molecule has 1 heterocycles. The van der Waals surface area contributed by atoms with Crippen LogP contribution in [0.5, 0.6) is 0 Å². The van der Waals surface area contributed by atoms with Gasteiger partial charge in [-0.1, -0.05) is 0 Å². The average molecular weight is 185 g/mol. The molecule has 1 aromatic rings. The molecule has 1 nitrogen and oxygen atoms in total. The van der Waals surface area contributed by atoms with E-state index in [1.54, 1.807) is 0 Å². The van der Waals surface area contributed by atoms with Crippen molar-refractivity contribution in [3.8, 4) is 0 Å². The first-order valence-corrected chi connectivity index (χ1v) is 5.33. The maximum atomic E-state index is 4.51. The highest BCUT2D eigenvalue weighted by atomic mass is 32.1. The second-order valence-electron chi connectivity index (χ2n) is 2.99. The van der Waals surface area contributed by atoms with Gasteiger partial charge in [0.15, 0.2) is 0 Å². The molecule has 1 aromatic heterocycles. The van der Waals surface area contributed by atoms with Crippen LogP contribution < -0.4 is 0 Å². The lowest BCUT2D eigenvalue weighted by atomic mass is 10.4. The summed E-state index contributed by atoms with van der Waals surface area (Å²) in [4.78, 5) is 5.86. The maximum Gasteiger partial charge on any atom is 0.0962 e. The molecule has 1 aliphatic carbocycles. The number of nitrogens with zero attached hydrogens (tertiary/aromatic N) is 1. The van der Waals surface area contributed by atoms with Crippen molar-refractivity contribution in [2.24, 2.45) is 0 Å². The molecule has 0 atom stereocenters. The molecule has 0 unspecified atom stereocenters. The van der Waals surface area contributed by atoms with E-state index < -0.39 is 0 Å². The van der Waals surface area contributed by atoms with E-state index in [4.69, 9.17) is 0 Å². The molecule has 1 fully saturated rings. The van der Waals surface area contributed by atoms with Gasteiger partial charge in [0.05, 0.1) is 10.7 Å². The Bertz CT molecular complexity index is 263. The third-order valence-electron chi connectivity index (χ3n) is 1.98. The molecule has 0 amide bonds. The molecule has 11 heavy (non-hydrogen) atoms. The lowest BCUT2D eigenvalue weighted by molar-refractivity contribution is 1.05. The van der Waals surface area contributed by atoms with Gasteiger partial charge >= 0.3 is 0 Å². The largest absolute Gasteiger partial charge is 0.246 e. The van der Waals surface area contributed by atoms with Gasteiger partial charge in [-0.05, 0) is 19.8 Å². The van der Waals surface area contributed by atoms with Crippen molar-refractivity contribution in [2.45, 2.75) is 31.4 Å². The summed E-state index contributed by atoms with van der Waals surface area (Å²) < 4.78 is 0. The Morgan fingerprint density at radius 1 is 1.64 bits per heavy atom. The third kappa shape index (κ3) is 1.44. The summed E-state index contributed by atoms with van der Waals surface area (Å²) in [7, 11) is 0. The fourth-order valence-corrected chi connectivity index (χ4v) is 2.62. The zero-order valence-corrected chi connectivity index (χ0v) is 8.21. The topological polar surface area (TPSA) is 12.9 Å². The fourth-order valence-electron chi connectivity index (χ4n) is 1.10. The number of thiol groups is 1. The Balaban J connectivity index is 2.28. The first-order chi connectivity index (χ1) is 5.31. The first-order valence-electron chi connectivity index (χ1n) is 3.88. The van der Waals surface area contributed by atoms with Gasteiger partial charge in [-0.25, -0.2) is 4.98 Å². The highest BCUT2D eigenvalue weighted by Gasteiger charge is 2.27. The molecule has 0 aromatic carbocycles. The van der Waals surface area contributed by atoms with Crippen molar-refractivity contribution in [1.29, 1.82) is 0 Å². The summed E-state index contributed by atoms with van der Waals surface area (Å²) in [6, 6.07) is 0. The molecule has 0 aliphatic heterocycles. The number of hydrogen-bond donors (Lipinski definition) is 1. The van der Waals surface area contributed by atoms with Gasteiger partial charge in [0, 0.05) is 16.5 Å². The Labute approximate surface area is 76.3 Å². The third-order valence-corrected chi connectivity index (χ3v) is 3.83. The van der Waals surface area contributed by atoms with Crippen LogP contribution in [0.15, 0.2) is 0 Å². The van der Waals surface area contributed by atoms with Crippen molar-refractivity contribution in [1.82, 2.24) is 4.98 Å². The molecule has 2 rings (SSSR count). The van der Waals surface area contributed by atoms with Crippen molar-refractivity contribution >= 4 is 24.0 Å². The van der Waals surface area contributed by atoms with Crippen LogP contribution in [0, 0.1) is 6.92 Å². The predicted octanol–water partition coefficient (Wildman–Crippen LogP) is 2.76. The molecule has 0 bridgehead atoms. The van der Waals surface area contributed by atoms with E-state index in [1.165, 1.54) is 28.4 Å². The van der Waals surface area contributed by atoms with Gasteiger partial charge in [0.1, 0.15) is 0 Å². The average Bonchev–Trinajstić information content (AvgIpc) is 2.76. The Morgan fingerprint density at radius 3 is 2.82 bits per heavy atom. The van der Waals surface area contributed by atoms with Crippen molar-refractivity contribution < 1.29 is 0 Å². The zero-order valence-electron chi connectivity index (χ0n) is 6.50. The van der Waals surface area contributed by atoms with Crippen LogP contribution in [0.25, 0.3) is 0 Å². The summed E-state index contributed by atoms with van der Waals surface area (Å²) in [6.45, 7) is 2.08. The smallest absolute Gasteiger partial charge is 0.0962 e. The molecule has 60 valence electrons. The van der Waals surface area contributed by atoms with Gasteiger partial charge in [-0.2, -0.15) is 12.6 Å². The van der Waals surface area contributed by atoms with Crippen LogP contribution in [0.4, 0.5) is 0 Å². The normalized spacial score (nSPS) is 17.3. The first kappa shape index (κ1) is 7.62. The summed E-state index contributed by atoms with van der Waals surface area (Å²) in [5, 5.41) is 1.34. The van der Waals surface area contributed by atoms with Crippen LogP contribution >= 0.6 is 24.0 Å². The number of aromatic nitrogens is 1. The monoisotopic (exact) mass is 185 g/mol. The van der Waals surface area contributed by atoms with Gasteiger partial charge in [-0.15, -0.1) is 11.3 Å². The number of aryl methyl sites for hydroxylation is 1. The van der Waals surface area contributed by atoms with Crippen molar-refractivity contribution in [3.05, 3.63) is 15.6 Å². The molecular formula is C8H11NS2. The van der Waals surface area contributed by atoms with Crippen molar-refractivity contribution in [2.75, 3.05) is 0 Å². The highest BCUT2D eigenvalue weighted by Crippen LogP contribution is 2.42. The lowest BCUT2D eigenvalue weighted by Crippen LogP contribution is -1.78. The molecule has 0 N–H and O–H groups in total. The number of hydrogen-bond acceptors (Lipinski definition) is 3. The quantitative estimate of drug-likeness (QED) is 0.699. The molecular weight excluding hydrogens is 174 g/mol. The van der Waals surface area contributed by atoms with Gasteiger partial charge in [0.2, 0.25) is 0 Å². The predicted molar refractivity (Wildman–Crippen MR) is 51.5 cm³/mol. The van der Waals surface area contributed by atoms with Crippen molar-refractivity contribution in [3.63, 3.8) is 0 Å². The Morgan fingerprint density at radius 2 is 2.36 bits per heavy atom. The van der Waals surface area contributed by atoms with Gasteiger partial charge in [0.25, 0.3) is 0 Å². The summed E-state index contributed by atoms with van der Waals surface area (Å²) in [6.07, 6.45) is 2.69. The lowest BCUT2D eigenvalue weighted by Gasteiger charge is -1.85. The zero-order chi connectivity index (χ0) is 7.84. The van der Waals surface area contributed by atoms with E-state index in [-0.39, 0.29) is 0 Å². The van der Waals surface area contributed by atoms with E-state index in [1.807, 2.05) is 11.3 Å². The number of thiazole rings is 1. The highest BCUT2D eigenvalue weighted by molar-refractivity contribution is 7.79. The van der Waals surface area contributed by atoms with E-state index in [0.29, 0.717) is 0 Å². The maximum absolute atomic E-state index is 4.51. The van der Waals surface area contributed by atoms with Crippen LogP contribution in [0.3, 0.4) is 0 Å². The van der Waals surface area contributed by atoms with E-state index in [9.17, 15) is 0 Å². The second-order valence-corrected chi connectivity index (χ2v) is 4.42. The molecule has 0 radical (unpaired) electrons. The van der Waals surface area contributed by atoms with E-state index in [2.05, 4.69) is 24.5 Å². The molecule has 1 aliphatic rings. The fraction of sp³-hybridized carbons (Fsp3) is 0.625. The minimum absolute atomic E-state index is 0.798. The molecule has 3 heteroatoms. The summed E-state index contributed by atoms with van der Waals surface area (Å²) in [5.74, 6) is 1.64. The van der Waals surface area contributed by atoms with E-state index in [0.717, 1.165) is 11.7 Å². The summed E-state index contributed by atoms with van der Waals surface area (Å²) in [5.41, 5.74) is 1.19. The summed E-state index contributed by atoms with van der Waals surface area (Å²) >= 11 is 6.10. The molecule has 0 spiro atoms. The minimum Gasteiger partial charge on any atom is -0.246 e.